The Labute approximate surface area is 215 Å². The number of rotatable bonds is 4. The van der Waals surface area contributed by atoms with Gasteiger partial charge in [0, 0.05) is 38.9 Å². The van der Waals surface area contributed by atoms with Crippen LogP contribution in [0.4, 0.5) is 26.3 Å². The van der Waals surface area contributed by atoms with Gasteiger partial charge in [0.2, 0.25) is 0 Å². The molecule has 15 heteroatoms. The molecule has 0 bridgehead atoms. The predicted molar refractivity (Wildman–Crippen MR) is 120 cm³/mol. The van der Waals surface area contributed by atoms with Crippen molar-refractivity contribution in [3.8, 4) is 0 Å². The Kier molecular flexibility index (Phi) is 11.7. The van der Waals surface area contributed by atoms with Gasteiger partial charge in [0.15, 0.2) is 0 Å². The molecule has 0 aliphatic carbocycles. The Bertz CT molecular complexity index is 859. The number of hydrogen-bond donors (Lipinski definition) is 2. The number of carboxylic acids is 2. The first kappa shape index (κ1) is 31.7. The lowest BCUT2D eigenvalue weighted by atomic mass is 9.86. The smallest absolute Gasteiger partial charge is 0.475 e. The quantitative estimate of drug-likeness (QED) is 0.538. The largest absolute Gasteiger partial charge is 0.490 e. The summed E-state index contributed by atoms with van der Waals surface area (Å²) in [5.74, 6) is -4.84. The van der Waals surface area contributed by atoms with Gasteiger partial charge in [-0.15, -0.1) is 0 Å². The molecule has 38 heavy (non-hydrogen) atoms. The molecule has 1 spiro atoms. The Morgan fingerprint density at radius 2 is 1.61 bits per heavy atom. The normalized spacial score (nSPS) is 24.6. The zero-order chi connectivity index (χ0) is 28.4. The minimum Gasteiger partial charge on any atom is -0.475 e. The molecule has 2 atom stereocenters. The summed E-state index contributed by atoms with van der Waals surface area (Å²) in [5.41, 5.74) is 1.25. The van der Waals surface area contributed by atoms with Crippen LogP contribution in [0.15, 0.2) is 24.4 Å². The molecule has 0 aromatic carbocycles. The van der Waals surface area contributed by atoms with Gasteiger partial charge in [0.05, 0.1) is 31.1 Å². The van der Waals surface area contributed by atoms with Gasteiger partial charge in [-0.25, -0.2) is 9.59 Å². The SMILES string of the molecule is O=C(O)C(F)(F)F.O=C(O)C(F)(F)F.c1ccc(CN2CCCC3(CC(CN4CCOCC4)CO3)C2)nc1. The third kappa shape index (κ3) is 11.1. The average molecular weight is 560 g/mol. The van der Waals surface area contributed by atoms with Crippen LogP contribution in [0.25, 0.3) is 0 Å². The highest BCUT2D eigenvalue weighted by Gasteiger charge is 2.44. The number of hydrogen-bond acceptors (Lipinski definition) is 7. The van der Waals surface area contributed by atoms with Crippen LogP contribution in [-0.2, 0) is 25.6 Å². The maximum absolute atomic E-state index is 10.6. The van der Waals surface area contributed by atoms with Crippen molar-refractivity contribution in [2.75, 3.05) is 52.5 Å². The zero-order valence-corrected chi connectivity index (χ0v) is 20.5. The summed E-state index contributed by atoms with van der Waals surface area (Å²) in [4.78, 5) is 27.3. The molecular weight excluding hydrogens is 528 g/mol. The van der Waals surface area contributed by atoms with Crippen LogP contribution in [-0.4, -0.2) is 107 Å². The summed E-state index contributed by atoms with van der Waals surface area (Å²) in [5, 5.41) is 14.2. The van der Waals surface area contributed by atoms with E-state index in [-0.39, 0.29) is 5.60 Å². The van der Waals surface area contributed by atoms with E-state index >= 15 is 0 Å². The topological polar surface area (TPSA) is 112 Å². The number of morpholine rings is 1. The fraction of sp³-hybridized carbons (Fsp3) is 0.696. The number of ether oxygens (including phenoxy) is 2. The minimum absolute atomic E-state index is 0.0873. The third-order valence-electron chi connectivity index (χ3n) is 6.12. The molecule has 0 radical (unpaired) electrons. The molecule has 1 aromatic heterocycles. The molecule has 0 saturated carbocycles. The van der Waals surface area contributed by atoms with E-state index in [2.05, 4.69) is 26.9 Å². The molecule has 216 valence electrons. The van der Waals surface area contributed by atoms with Gasteiger partial charge >= 0.3 is 24.3 Å². The third-order valence-corrected chi connectivity index (χ3v) is 6.12. The summed E-state index contributed by atoms with van der Waals surface area (Å²) < 4.78 is 75.3. The van der Waals surface area contributed by atoms with Crippen LogP contribution in [0.3, 0.4) is 0 Å². The molecule has 1 aromatic rings. The maximum Gasteiger partial charge on any atom is 0.490 e. The second kappa shape index (κ2) is 14.1. The van der Waals surface area contributed by atoms with Crippen molar-refractivity contribution in [1.29, 1.82) is 0 Å². The van der Waals surface area contributed by atoms with E-state index in [4.69, 9.17) is 29.3 Å². The number of likely N-dealkylation sites (tertiary alicyclic amines) is 1. The number of aromatic nitrogens is 1. The van der Waals surface area contributed by atoms with Gasteiger partial charge in [-0.3, -0.25) is 14.8 Å². The second-order valence-corrected chi connectivity index (χ2v) is 9.22. The van der Waals surface area contributed by atoms with Crippen LogP contribution in [0.2, 0.25) is 0 Å². The Balaban J connectivity index is 0.000000301. The standard InChI is InChI=1S/C19H29N3O2.2C2HF3O2/c1-2-6-20-18(4-1)14-22-7-3-5-19(16-22)12-17(15-24-19)13-21-8-10-23-11-9-21;2*3-2(4,5)1(6)7/h1-2,4,6,17H,3,5,7-16H2;2*(H,6,7). The van der Waals surface area contributed by atoms with E-state index in [0.717, 1.165) is 58.2 Å². The number of halogens is 6. The molecule has 0 amide bonds. The predicted octanol–water partition coefficient (Wildman–Crippen LogP) is 3.05. The lowest BCUT2D eigenvalue weighted by molar-refractivity contribution is -0.193. The van der Waals surface area contributed by atoms with Crippen molar-refractivity contribution < 1.29 is 55.6 Å². The minimum atomic E-state index is -5.08. The highest BCUT2D eigenvalue weighted by molar-refractivity contribution is 5.73. The molecule has 3 aliphatic rings. The highest BCUT2D eigenvalue weighted by Crippen LogP contribution is 2.38. The lowest BCUT2D eigenvalue weighted by Gasteiger charge is -2.40. The first-order chi connectivity index (χ1) is 17.7. The van der Waals surface area contributed by atoms with Crippen LogP contribution >= 0.6 is 0 Å². The van der Waals surface area contributed by atoms with E-state index in [1.165, 1.54) is 25.8 Å². The number of carboxylic acid groups (broad SMARTS) is 2. The molecule has 3 aliphatic heterocycles. The fourth-order valence-corrected chi connectivity index (χ4v) is 4.54. The Morgan fingerprint density at radius 1 is 1.00 bits per heavy atom. The molecular formula is C23H31F6N3O6. The molecule has 2 unspecified atom stereocenters. The second-order valence-electron chi connectivity index (χ2n) is 9.22. The summed E-state index contributed by atoms with van der Waals surface area (Å²) in [7, 11) is 0. The maximum atomic E-state index is 10.6. The number of nitrogens with zero attached hydrogens (tertiary/aromatic N) is 3. The number of alkyl halides is 6. The average Bonchev–Trinajstić information content (AvgIpc) is 3.21. The Morgan fingerprint density at radius 3 is 2.13 bits per heavy atom. The van der Waals surface area contributed by atoms with Crippen molar-refractivity contribution in [2.24, 2.45) is 5.92 Å². The highest BCUT2D eigenvalue weighted by atomic mass is 19.4. The van der Waals surface area contributed by atoms with Gasteiger partial charge < -0.3 is 19.7 Å². The van der Waals surface area contributed by atoms with Gasteiger partial charge in [-0.05, 0) is 43.9 Å². The van der Waals surface area contributed by atoms with Crippen molar-refractivity contribution in [1.82, 2.24) is 14.8 Å². The van der Waals surface area contributed by atoms with Crippen molar-refractivity contribution >= 4 is 11.9 Å². The molecule has 9 nitrogen and oxygen atoms in total. The van der Waals surface area contributed by atoms with E-state index < -0.39 is 24.3 Å². The van der Waals surface area contributed by atoms with Crippen molar-refractivity contribution in [3.05, 3.63) is 30.1 Å². The van der Waals surface area contributed by atoms with Gasteiger partial charge in [0.25, 0.3) is 0 Å². The first-order valence-electron chi connectivity index (χ1n) is 11.9. The molecule has 3 saturated heterocycles. The Hall–Kier alpha value is -2.49. The summed E-state index contributed by atoms with van der Waals surface area (Å²) in [6.07, 6.45) is -4.62. The van der Waals surface area contributed by atoms with Gasteiger partial charge in [0.1, 0.15) is 0 Å². The molecule has 2 N–H and O–H groups in total. The van der Waals surface area contributed by atoms with Gasteiger partial charge in [-0.1, -0.05) is 6.07 Å². The number of aliphatic carboxylic acids is 2. The molecule has 4 heterocycles. The number of carbonyl (C=O) groups is 2. The van der Waals surface area contributed by atoms with E-state index in [1.807, 2.05) is 12.3 Å². The molecule has 4 rings (SSSR count). The fourth-order valence-electron chi connectivity index (χ4n) is 4.54. The van der Waals surface area contributed by atoms with Crippen LogP contribution in [0, 0.1) is 5.92 Å². The van der Waals surface area contributed by atoms with Crippen molar-refractivity contribution in [2.45, 2.75) is 43.8 Å². The van der Waals surface area contributed by atoms with E-state index in [0.29, 0.717) is 5.92 Å². The first-order valence-corrected chi connectivity index (χ1v) is 11.9. The van der Waals surface area contributed by atoms with Crippen molar-refractivity contribution in [3.63, 3.8) is 0 Å². The van der Waals surface area contributed by atoms with Gasteiger partial charge in [-0.2, -0.15) is 26.3 Å². The summed E-state index contributed by atoms with van der Waals surface area (Å²) in [6.45, 7) is 9.19. The molecule has 3 fully saturated rings. The summed E-state index contributed by atoms with van der Waals surface area (Å²) in [6, 6.07) is 6.18. The zero-order valence-electron chi connectivity index (χ0n) is 20.5. The lowest BCUT2D eigenvalue weighted by Crippen LogP contribution is -2.47. The monoisotopic (exact) mass is 559 g/mol. The van der Waals surface area contributed by atoms with E-state index in [9.17, 15) is 26.3 Å². The van der Waals surface area contributed by atoms with Crippen LogP contribution < -0.4 is 0 Å². The number of piperidine rings is 1. The summed E-state index contributed by atoms with van der Waals surface area (Å²) >= 11 is 0. The van der Waals surface area contributed by atoms with E-state index in [1.54, 1.807) is 0 Å². The number of pyridine rings is 1. The van der Waals surface area contributed by atoms with Crippen LogP contribution in [0.5, 0.6) is 0 Å². The van der Waals surface area contributed by atoms with Crippen LogP contribution in [0.1, 0.15) is 25.0 Å².